The molecule has 0 aromatic heterocycles. The van der Waals surface area contributed by atoms with E-state index in [1.165, 1.54) is 0 Å². The molecule has 0 bridgehead atoms. The molecular weight excluding hydrogens is 312 g/mol. The van der Waals surface area contributed by atoms with Crippen molar-refractivity contribution in [2.75, 3.05) is 5.32 Å². The summed E-state index contributed by atoms with van der Waals surface area (Å²) in [7, 11) is 0. The number of amides is 2. The first kappa shape index (κ1) is 18.7. The van der Waals surface area contributed by atoms with Crippen molar-refractivity contribution in [3.05, 3.63) is 65.2 Å². The molecule has 2 aromatic carbocycles. The normalized spacial score (nSPS) is 11.9. The predicted molar refractivity (Wildman–Crippen MR) is 102 cm³/mol. The van der Waals surface area contributed by atoms with Crippen molar-refractivity contribution in [2.24, 2.45) is 5.92 Å². The fourth-order valence-corrected chi connectivity index (χ4v) is 2.70. The Hall–Kier alpha value is -2.62. The standard InChI is InChI=1S/C21H26N2O2/c1-14(2)13-19(21(25)22-18-12-8-6-10-16(18)4)23-20(24)17-11-7-5-9-15(17)3/h5-12,14,19H,13H2,1-4H3,(H,22,25)(H,23,24). The predicted octanol–water partition coefficient (Wildman–Crippen LogP) is 4.09. The molecule has 2 amide bonds. The summed E-state index contributed by atoms with van der Waals surface area (Å²) in [4.78, 5) is 25.3. The number of nitrogens with one attached hydrogen (secondary N) is 2. The Morgan fingerprint density at radius 3 is 2.12 bits per heavy atom. The van der Waals surface area contributed by atoms with Crippen LogP contribution in [-0.4, -0.2) is 17.9 Å². The van der Waals surface area contributed by atoms with Crippen LogP contribution in [0.4, 0.5) is 5.69 Å². The summed E-state index contributed by atoms with van der Waals surface area (Å²) in [6.45, 7) is 7.90. The van der Waals surface area contributed by atoms with Gasteiger partial charge in [0.05, 0.1) is 0 Å². The Bertz CT molecular complexity index is 753. The van der Waals surface area contributed by atoms with Gasteiger partial charge in [0.2, 0.25) is 5.91 Å². The van der Waals surface area contributed by atoms with Gasteiger partial charge >= 0.3 is 0 Å². The minimum atomic E-state index is -0.577. The first-order valence-electron chi connectivity index (χ1n) is 8.61. The van der Waals surface area contributed by atoms with E-state index in [0.717, 1.165) is 16.8 Å². The number of hydrogen-bond donors (Lipinski definition) is 2. The van der Waals surface area contributed by atoms with Crippen LogP contribution in [0.3, 0.4) is 0 Å². The van der Waals surface area contributed by atoms with E-state index in [1.807, 2.05) is 70.2 Å². The maximum atomic E-state index is 12.7. The second-order valence-electron chi connectivity index (χ2n) is 6.77. The molecule has 0 fully saturated rings. The molecule has 132 valence electrons. The van der Waals surface area contributed by atoms with Crippen molar-refractivity contribution in [3.63, 3.8) is 0 Å². The molecule has 1 atom stereocenters. The maximum Gasteiger partial charge on any atom is 0.252 e. The Morgan fingerprint density at radius 1 is 0.920 bits per heavy atom. The van der Waals surface area contributed by atoms with E-state index in [0.29, 0.717) is 12.0 Å². The van der Waals surface area contributed by atoms with Crippen LogP contribution < -0.4 is 10.6 Å². The Labute approximate surface area is 149 Å². The van der Waals surface area contributed by atoms with E-state index in [9.17, 15) is 9.59 Å². The van der Waals surface area contributed by atoms with E-state index in [2.05, 4.69) is 10.6 Å². The zero-order valence-electron chi connectivity index (χ0n) is 15.3. The highest BCUT2D eigenvalue weighted by molar-refractivity contribution is 6.02. The average molecular weight is 338 g/mol. The van der Waals surface area contributed by atoms with Crippen molar-refractivity contribution in [1.29, 1.82) is 0 Å². The minimum Gasteiger partial charge on any atom is -0.340 e. The fraction of sp³-hybridized carbons (Fsp3) is 0.333. The summed E-state index contributed by atoms with van der Waals surface area (Å²) in [6.07, 6.45) is 0.579. The highest BCUT2D eigenvalue weighted by Crippen LogP contribution is 2.16. The zero-order valence-corrected chi connectivity index (χ0v) is 15.3. The Morgan fingerprint density at radius 2 is 1.52 bits per heavy atom. The lowest BCUT2D eigenvalue weighted by molar-refractivity contribution is -0.118. The van der Waals surface area contributed by atoms with E-state index < -0.39 is 6.04 Å². The summed E-state index contributed by atoms with van der Waals surface area (Å²) >= 11 is 0. The Balaban J connectivity index is 2.15. The van der Waals surface area contributed by atoms with Crippen LogP contribution in [0.2, 0.25) is 0 Å². The molecule has 0 aliphatic rings. The third kappa shape index (κ3) is 5.18. The first-order chi connectivity index (χ1) is 11.9. The van der Waals surface area contributed by atoms with Crippen molar-refractivity contribution >= 4 is 17.5 Å². The molecule has 4 nitrogen and oxygen atoms in total. The lowest BCUT2D eigenvalue weighted by Gasteiger charge is -2.21. The van der Waals surface area contributed by atoms with E-state index in [1.54, 1.807) is 6.07 Å². The Kier molecular flexibility index (Phi) is 6.34. The van der Waals surface area contributed by atoms with Crippen LogP contribution in [0.25, 0.3) is 0 Å². The molecule has 1 unspecified atom stereocenters. The van der Waals surface area contributed by atoms with Gasteiger partial charge in [0.25, 0.3) is 5.91 Å². The fourth-order valence-electron chi connectivity index (χ4n) is 2.70. The van der Waals surface area contributed by atoms with Gasteiger partial charge < -0.3 is 10.6 Å². The third-order valence-corrected chi connectivity index (χ3v) is 4.12. The number of carbonyl (C=O) groups excluding carboxylic acids is 2. The van der Waals surface area contributed by atoms with Gasteiger partial charge in [-0.3, -0.25) is 9.59 Å². The van der Waals surface area contributed by atoms with Gasteiger partial charge in [0, 0.05) is 11.3 Å². The molecule has 0 spiro atoms. The third-order valence-electron chi connectivity index (χ3n) is 4.12. The number of carbonyl (C=O) groups is 2. The van der Waals surface area contributed by atoms with E-state index >= 15 is 0 Å². The summed E-state index contributed by atoms with van der Waals surface area (Å²) in [5, 5.41) is 5.83. The molecule has 4 heteroatoms. The minimum absolute atomic E-state index is 0.190. The number of benzene rings is 2. The van der Waals surface area contributed by atoms with Crippen molar-refractivity contribution in [2.45, 2.75) is 40.2 Å². The summed E-state index contributed by atoms with van der Waals surface area (Å²) in [6, 6.07) is 14.4. The van der Waals surface area contributed by atoms with E-state index in [4.69, 9.17) is 0 Å². The molecular formula is C21H26N2O2. The largest absolute Gasteiger partial charge is 0.340 e. The summed E-state index contributed by atoms with van der Waals surface area (Å²) in [5.74, 6) is -0.126. The topological polar surface area (TPSA) is 58.2 Å². The van der Waals surface area contributed by atoms with Gasteiger partial charge in [-0.25, -0.2) is 0 Å². The smallest absolute Gasteiger partial charge is 0.252 e. The van der Waals surface area contributed by atoms with Gasteiger partial charge in [0.15, 0.2) is 0 Å². The second-order valence-corrected chi connectivity index (χ2v) is 6.77. The molecule has 2 aromatic rings. The molecule has 0 saturated heterocycles. The van der Waals surface area contributed by atoms with Crippen molar-refractivity contribution in [1.82, 2.24) is 5.32 Å². The lowest BCUT2D eigenvalue weighted by Crippen LogP contribution is -2.44. The second kappa shape index (κ2) is 8.47. The van der Waals surface area contributed by atoms with Crippen molar-refractivity contribution in [3.8, 4) is 0 Å². The molecule has 0 heterocycles. The summed E-state index contributed by atoms with van der Waals surface area (Å²) in [5.41, 5.74) is 3.25. The van der Waals surface area contributed by atoms with Crippen LogP contribution in [0.1, 0.15) is 41.8 Å². The molecule has 0 aliphatic heterocycles. The number of anilines is 1. The molecule has 0 aliphatic carbocycles. The van der Waals surface area contributed by atoms with Gasteiger partial charge in [-0.05, 0) is 49.4 Å². The van der Waals surface area contributed by atoms with Crippen LogP contribution in [0.15, 0.2) is 48.5 Å². The molecule has 2 rings (SSSR count). The van der Waals surface area contributed by atoms with Crippen LogP contribution in [0.5, 0.6) is 0 Å². The summed E-state index contributed by atoms with van der Waals surface area (Å²) < 4.78 is 0. The lowest BCUT2D eigenvalue weighted by atomic mass is 10.0. The molecule has 2 N–H and O–H groups in total. The van der Waals surface area contributed by atoms with Crippen LogP contribution in [0, 0.1) is 19.8 Å². The number of para-hydroxylation sites is 1. The van der Waals surface area contributed by atoms with Gasteiger partial charge in [-0.1, -0.05) is 50.2 Å². The SMILES string of the molecule is Cc1ccccc1NC(=O)C(CC(C)C)NC(=O)c1ccccc1C. The zero-order chi connectivity index (χ0) is 18.4. The molecule has 0 radical (unpaired) electrons. The van der Waals surface area contributed by atoms with Crippen LogP contribution >= 0.6 is 0 Å². The maximum absolute atomic E-state index is 12.7. The number of rotatable bonds is 6. The first-order valence-corrected chi connectivity index (χ1v) is 8.61. The highest BCUT2D eigenvalue weighted by atomic mass is 16.2. The average Bonchev–Trinajstić information content (AvgIpc) is 2.56. The van der Waals surface area contributed by atoms with Crippen LogP contribution in [-0.2, 0) is 4.79 Å². The molecule has 0 saturated carbocycles. The molecule has 25 heavy (non-hydrogen) atoms. The van der Waals surface area contributed by atoms with Gasteiger partial charge in [-0.15, -0.1) is 0 Å². The number of hydrogen-bond acceptors (Lipinski definition) is 2. The number of aryl methyl sites for hydroxylation is 2. The van der Waals surface area contributed by atoms with Crippen molar-refractivity contribution < 1.29 is 9.59 Å². The van der Waals surface area contributed by atoms with Gasteiger partial charge in [0.1, 0.15) is 6.04 Å². The monoisotopic (exact) mass is 338 g/mol. The van der Waals surface area contributed by atoms with Gasteiger partial charge in [-0.2, -0.15) is 0 Å². The van der Waals surface area contributed by atoms with E-state index in [-0.39, 0.29) is 17.7 Å². The quantitative estimate of drug-likeness (QED) is 0.833. The highest BCUT2D eigenvalue weighted by Gasteiger charge is 2.23.